The molecule has 0 spiro atoms. The number of nitrogens with zero attached hydrogens (tertiary/aromatic N) is 2. The molecular weight excluding hydrogens is 699 g/mol. The van der Waals surface area contributed by atoms with Crippen molar-refractivity contribution in [1.82, 2.24) is 0 Å². The summed E-state index contributed by atoms with van der Waals surface area (Å²) in [4.78, 5) is 4.92. The van der Waals surface area contributed by atoms with Gasteiger partial charge in [0.15, 0.2) is 0 Å². The molecule has 3 saturated carbocycles. The Kier molecular flexibility index (Phi) is 11.9. The van der Waals surface area contributed by atoms with Gasteiger partial charge in [-0.25, -0.2) is 0 Å². The first-order valence-electron chi connectivity index (χ1n) is 18.1. The van der Waals surface area contributed by atoms with E-state index in [4.69, 9.17) is 22.5 Å². The summed E-state index contributed by atoms with van der Waals surface area (Å²) in [5, 5.41) is -2.60. The van der Waals surface area contributed by atoms with E-state index in [-0.39, 0.29) is 0 Å². The van der Waals surface area contributed by atoms with Gasteiger partial charge >= 0.3 is 297 Å². The van der Waals surface area contributed by atoms with E-state index >= 15 is 0 Å². The second-order valence-electron chi connectivity index (χ2n) is 15.0. The SMILES string of the molecule is Cc1cc(C)c(N2CCN(c3c(C)cc(C)cc3C)[C]2=[Ru])c(C)c1.ClP(Cl)(C1CCCCC1)(C1CCCCC1)C1CCCCC1. The first kappa shape index (κ1) is 35.8. The number of hydrogen-bond donors (Lipinski definition) is 0. The van der Waals surface area contributed by atoms with Gasteiger partial charge in [-0.15, -0.1) is 0 Å². The van der Waals surface area contributed by atoms with Crippen molar-refractivity contribution >= 4 is 43.5 Å². The Balaban J connectivity index is 0.000000179. The third-order valence-corrected chi connectivity index (χ3v) is 23.2. The van der Waals surface area contributed by atoms with E-state index in [2.05, 4.69) is 93.5 Å². The number of rotatable bonds is 5. The summed E-state index contributed by atoms with van der Waals surface area (Å²) in [7, 11) is 0. The van der Waals surface area contributed by atoms with Crippen LogP contribution in [-0.4, -0.2) is 34.4 Å². The van der Waals surface area contributed by atoms with Gasteiger partial charge in [0.1, 0.15) is 0 Å². The molecule has 4 fully saturated rings. The average molecular weight is 759 g/mol. The molecule has 2 nitrogen and oxygen atoms in total. The summed E-state index contributed by atoms with van der Waals surface area (Å²) in [6.07, 6.45) is 20.5. The van der Waals surface area contributed by atoms with Crippen molar-refractivity contribution < 1.29 is 17.9 Å². The molecule has 1 aliphatic heterocycles. The van der Waals surface area contributed by atoms with Crippen LogP contribution in [-0.2, 0) is 17.9 Å². The standard InChI is InChI=1S/C21H26N2.C18H33Cl2P.Ru/c1-14-9-16(3)20(17(4)10-14)22-7-8-23(13-22)21-18(5)11-15(2)12-19(21)6;19-21(20,16-10-4-1-5-11-16,17-12-6-2-7-13-17)18-14-8-3-9-15-18;/h9-12H,7-8H2,1-6H3;16-18H,1-15H2;. The molecule has 0 aromatic heterocycles. The van der Waals surface area contributed by atoms with Crippen molar-refractivity contribution in [3.63, 3.8) is 0 Å². The fourth-order valence-corrected chi connectivity index (χ4v) is 19.9. The van der Waals surface area contributed by atoms with E-state index in [1.807, 2.05) is 0 Å². The molecule has 1 heterocycles. The monoisotopic (exact) mass is 758 g/mol. The topological polar surface area (TPSA) is 6.48 Å². The first-order chi connectivity index (χ1) is 21.4. The predicted octanol–water partition coefficient (Wildman–Crippen LogP) is 12.3. The molecule has 45 heavy (non-hydrogen) atoms. The summed E-state index contributed by atoms with van der Waals surface area (Å²) in [6, 6.07) is 9.14. The number of benzene rings is 2. The van der Waals surface area contributed by atoms with Crippen LogP contribution in [0.2, 0.25) is 0 Å². The van der Waals surface area contributed by atoms with E-state index in [1.54, 1.807) is 0 Å². The fraction of sp³-hybridized carbons (Fsp3) is 0.667. The van der Waals surface area contributed by atoms with Crippen LogP contribution in [0.5, 0.6) is 0 Å². The number of halogens is 2. The average Bonchev–Trinajstić information content (AvgIpc) is 3.38. The Morgan fingerprint density at radius 3 is 1.04 bits per heavy atom. The molecule has 4 aliphatic rings. The molecule has 0 N–H and O–H groups in total. The first-order valence-corrected chi connectivity index (χ1v) is 23.2. The van der Waals surface area contributed by atoms with Crippen LogP contribution in [0.1, 0.15) is 130 Å². The van der Waals surface area contributed by atoms with Gasteiger partial charge in [0.05, 0.1) is 0 Å². The molecule has 252 valence electrons. The molecule has 0 bridgehead atoms. The van der Waals surface area contributed by atoms with Crippen molar-refractivity contribution in [3.8, 4) is 0 Å². The zero-order valence-corrected chi connectivity index (χ0v) is 33.2. The van der Waals surface area contributed by atoms with Crippen molar-refractivity contribution in [2.45, 2.75) is 155 Å². The van der Waals surface area contributed by atoms with Crippen molar-refractivity contribution in [1.29, 1.82) is 0 Å². The number of hydrogen-bond acceptors (Lipinski definition) is 2. The van der Waals surface area contributed by atoms with Gasteiger partial charge in [-0.2, -0.15) is 0 Å². The molecule has 0 atom stereocenters. The minimum atomic E-state index is -2.60. The quantitative estimate of drug-likeness (QED) is 0.221. The molecule has 6 rings (SSSR count). The van der Waals surface area contributed by atoms with E-state index in [1.165, 1.54) is 145 Å². The van der Waals surface area contributed by atoms with Gasteiger partial charge in [-0.1, -0.05) is 0 Å². The van der Waals surface area contributed by atoms with Crippen LogP contribution >= 0.6 is 27.8 Å². The molecule has 1 saturated heterocycles. The number of anilines is 2. The molecule has 6 heteroatoms. The molecular formula is C39H59Cl2N2PRu. The fourth-order valence-electron chi connectivity index (χ4n) is 9.74. The van der Waals surface area contributed by atoms with Crippen LogP contribution in [0.3, 0.4) is 0 Å². The van der Waals surface area contributed by atoms with Gasteiger partial charge in [0.2, 0.25) is 0 Å². The summed E-state index contributed by atoms with van der Waals surface area (Å²) >= 11 is 18.3. The molecule has 0 unspecified atom stereocenters. The van der Waals surface area contributed by atoms with Gasteiger partial charge in [0, 0.05) is 0 Å². The second kappa shape index (κ2) is 15.0. The second-order valence-corrected chi connectivity index (χ2v) is 25.2. The zero-order chi connectivity index (χ0) is 32.4. The van der Waals surface area contributed by atoms with Gasteiger partial charge in [-0.3, -0.25) is 0 Å². The zero-order valence-electron chi connectivity index (χ0n) is 29.0. The third kappa shape index (κ3) is 7.43. The summed E-state index contributed by atoms with van der Waals surface area (Å²) < 4.78 is 1.26. The van der Waals surface area contributed by atoms with Gasteiger partial charge in [-0.05, 0) is 0 Å². The maximum atomic E-state index is 7.73. The Bertz CT molecular complexity index is 1190. The molecule has 0 radical (unpaired) electrons. The van der Waals surface area contributed by atoms with Crippen molar-refractivity contribution in [2.24, 2.45) is 0 Å². The van der Waals surface area contributed by atoms with Crippen LogP contribution < -0.4 is 9.80 Å². The molecule has 2 aromatic rings. The van der Waals surface area contributed by atoms with E-state index in [9.17, 15) is 0 Å². The van der Waals surface area contributed by atoms with Crippen molar-refractivity contribution in [2.75, 3.05) is 22.9 Å². The Morgan fingerprint density at radius 1 is 0.511 bits per heavy atom. The molecule has 0 amide bonds. The van der Waals surface area contributed by atoms with E-state index in [0.717, 1.165) is 13.1 Å². The van der Waals surface area contributed by atoms with Crippen LogP contribution in [0.15, 0.2) is 24.3 Å². The molecule has 3 aliphatic carbocycles. The summed E-state index contributed by atoms with van der Waals surface area (Å²) in [6.45, 7) is 15.3. The normalized spacial score (nSPS) is 21.8. The Hall–Kier alpha value is -0.457. The Labute approximate surface area is 295 Å². The van der Waals surface area contributed by atoms with E-state index in [0.29, 0.717) is 17.0 Å². The summed E-state index contributed by atoms with van der Waals surface area (Å²) in [5.74, 6) is 0. The van der Waals surface area contributed by atoms with E-state index < -0.39 is 5.31 Å². The third-order valence-electron chi connectivity index (χ3n) is 11.6. The summed E-state index contributed by atoms with van der Waals surface area (Å²) in [5.41, 5.74) is 12.9. The van der Waals surface area contributed by atoms with Gasteiger partial charge in [0.25, 0.3) is 0 Å². The predicted molar refractivity (Wildman–Crippen MR) is 200 cm³/mol. The van der Waals surface area contributed by atoms with Crippen LogP contribution in [0.4, 0.5) is 11.4 Å². The van der Waals surface area contributed by atoms with Crippen LogP contribution in [0.25, 0.3) is 0 Å². The van der Waals surface area contributed by atoms with Crippen molar-refractivity contribution in [3.05, 3.63) is 57.6 Å². The number of aryl methyl sites for hydroxylation is 6. The Morgan fingerprint density at radius 2 is 0.778 bits per heavy atom. The van der Waals surface area contributed by atoms with Gasteiger partial charge < -0.3 is 0 Å². The van der Waals surface area contributed by atoms with Crippen LogP contribution in [0, 0.1) is 41.5 Å². The minimum absolute atomic E-state index is 0.680. The molecule has 2 aromatic carbocycles. The maximum absolute atomic E-state index is 7.73.